The van der Waals surface area contributed by atoms with E-state index in [9.17, 15) is 32.7 Å². The number of hydrogen-bond donors (Lipinski definition) is 2. The van der Waals surface area contributed by atoms with Gasteiger partial charge >= 0.3 is 12.1 Å². The topological polar surface area (TPSA) is 105 Å². The van der Waals surface area contributed by atoms with Gasteiger partial charge in [0.1, 0.15) is 29.0 Å². The Kier molecular flexibility index (Phi) is 11.4. The number of carboxylic acids is 1. The number of amides is 2. The predicted molar refractivity (Wildman–Crippen MR) is 197 cm³/mol. The van der Waals surface area contributed by atoms with Gasteiger partial charge in [-0.05, 0) is 114 Å². The molecule has 0 spiro atoms. The first-order valence-corrected chi connectivity index (χ1v) is 18.3. The molecule has 1 fully saturated rings. The van der Waals surface area contributed by atoms with Gasteiger partial charge in [0.05, 0.1) is 18.0 Å². The highest BCUT2D eigenvalue weighted by Crippen LogP contribution is 2.38. The largest absolute Gasteiger partial charge is 0.481 e. The number of halogens is 3. The van der Waals surface area contributed by atoms with Crippen LogP contribution in [-0.2, 0) is 32.4 Å². The number of alkyl halides is 3. The van der Waals surface area contributed by atoms with Crippen LogP contribution >= 0.6 is 0 Å². The Hall–Kier alpha value is -5.32. The Labute approximate surface area is 313 Å². The Morgan fingerprint density at radius 2 is 1.33 bits per heavy atom. The van der Waals surface area contributed by atoms with Gasteiger partial charge in [-0.2, -0.15) is 13.2 Å². The Bertz CT molecular complexity index is 1950. The SMILES string of the molecule is CC(C)(C)c1ccc(Oc2ccc3c(c2)C(C(=O)NC(CC(=O)O)c2ccc(Oc4ccc(C(F)(F)F)cc4)cc2)N(C(=O)CC2CCCC2)CC3)cc1. The molecular weight excluding hydrogens is 697 g/mol. The lowest BCUT2D eigenvalue weighted by Crippen LogP contribution is -2.48. The summed E-state index contributed by atoms with van der Waals surface area (Å²) < 4.78 is 50.9. The molecule has 2 N–H and O–H groups in total. The first kappa shape index (κ1) is 38.4. The van der Waals surface area contributed by atoms with E-state index in [0.717, 1.165) is 48.9 Å². The molecule has 0 aromatic heterocycles. The van der Waals surface area contributed by atoms with Gasteiger partial charge in [0, 0.05) is 13.0 Å². The minimum absolute atomic E-state index is 0.0246. The van der Waals surface area contributed by atoms with Gasteiger partial charge in [0.15, 0.2) is 0 Å². The number of aliphatic carboxylic acids is 1. The van der Waals surface area contributed by atoms with Gasteiger partial charge in [0.25, 0.3) is 0 Å². The molecule has 1 aliphatic carbocycles. The summed E-state index contributed by atoms with van der Waals surface area (Å²) in [6.07, 6.45) is 0.0766. The molecule has 2 aliphatic rings. The second-order valence-electron chi connectivity index (χ2n) is 15.2. The molecule has 2 unspecified atom stereocenters. The average Bonchev–Trinajstić information content (AvgIpc) is 3.63. The number of ether oxygens (including phenoxy) is 2. The fraction of sp³-hybridized carbons (Fsp3) is 0.372. The van der Waals surface area contributed by atoms with Crippen LogP contribution in [0.15, 0.2) is 91.0 Å². The van der Waals surface area contributed by atoms with E-state index in [1.807, 2.05) is 36.4 Å². The van der Waals surface area contributed by atoms with E-state index in [-0.39, 0.29) is 23.0 Å². The van der Waals surface area contributed by atoms with Crippen molar-refractivity contribution < 1.29 is 42.1 Å². The molecule has 1 heterocycles. The van der Waals surface area contributed by atoms with Gasteiger partial charge in [-0.25, -0.2) is 0 Å². The van der Waals surface area contributed by atoms with Crippen LogP contribution in [0.1, 0.15) is 99.2 Å². The molecule has 11 heteroatoms. The molecular formula is C43H45F3N2O6. The maximum Gasteiger partial charge on any atom is 0.416 e. The Morgan fingerprint density at radius 1 is 0.796 bits per heavy atom. The zero-order chi connectivity index (χ0) is 38.6. The number of benzene rings is 4. The lowest BCUT2D eigenvalue weighted by atomic mass is 9.87. The number of carbonyl (C=O) groups is 3. The van der Waals surface area contributed by atoms with E-state index in [1.165, 1.54) is 12.1 Å². The summed E-state index contributed by atoms with van der Waals surface area (Å²) in [5.74, 6) is 0.120. The lowest BCUT2D eigenvalue weighted by molar-refractivity contribution is -0.143. The predicted octanol–water partition coefficient (Wildman–Crippen LogP) is 9.93. The number of nitrogens with zero attached hydrogens (tertiary/aromatic N) is 1. The highest BCUT2D eigenvalue weighted by molar-refractivity contribution is 5.90. The van der Waals surface area contributed by atoms with Crippen molar-refractivity contribution in [1.82, 2.24) is 10.2 Å². The molecule has 0 saturated heterocycles. The molecule has 4 aromatic rings. The average molecular weight is 743 g/mol. The van der Waals surface area contributed by atoms with E-state index in [4.69, 9.17) is 9.47 Å². The third kappa shape index (κ3) is 9.42. The maximum absolute atomic E-state index is 14.4. The Morgan fingerprint density at radius 3 is 1.89 bits per heavy atom. The molecule has 284 valence electrons. The summed E-state index contributed by atoms with van der Waals surface area (Å²) >= 11 is 0. The van der Waals surface area contributed by atoms with Gasteiger partial charge in [0.2, 0.25) is 11.8 Å². The number of hydrogen-bond acceptors (Lipinski definition) is 5. The van der Waals surface area contributed by atoms with Crippen molar-refractivity contribution in [1.29, 1.82) is 0 Å². The molecule has 1 aliphatic heterocycles. The lowest BCUT2D eigenvalue weighted by Gasteiger charge is -2.38. The first-order valence-electron chi connectivity index (χ1n) is 18.3. The van der Waals surface area contributed by atoms with Crippen LogP contribution in [0.25, 0.3) is 0 Å². The second kappa shape index (κ2) is 16.0. The molecule has 4 aromatic carbocycles. The third-order valence-corrected chi connectivity index (χ3v) is 10.2. The highest BCUT2D eigenvalue weighted by Gasteiger charge is 2.38. The molecule has 0 radical (unpaired) electrons. The summed E-state index contributed by atoms with van der Waals surface area (Å²) in [5, 5.41) is 12.8. The first-order chi connectivity index (χ1) is 25.6. The van der Waals surface area contributed by atoms with Crippen molar-refractivity contribution in [3.8, 4) is 23.0 Å². The monoisotopic (exact) mass is 742 g/mol. The third-order valence-electron chi connectivity index (χ3n) is 10.2. The fourth-order valence-corrected chi connectivity index (χ4v) is 7.24. The second-order valence-corrected chi connectivity index (χ2v) is 15.2. The minimum atomic E-state index is -4.47. The van der Waals surface area contributed by atoms with Crippen molar-refractivity contribution in [3.63, 3.8) is 0 Å². The molecule has 54 heavy (non-hydrogen) atoms. The zero-order valence-corrected chi connectivity index (χ0v) is 30.6. The van der Waals surface area contributed by atoms with Crippen LogP contribution in [0.3, 0.4) is 0 Å². The number of rotatable bonds is 11. The minimum Gasteiger partial charge on any atom is -0.481 e. The van der Waals surface area contributed by atoms with Crippen LogP contribution in [-0.4, -0.2) is 34.3 Å². The van der Waals surface area contributed by atoms with E-state index in [2.05, 4.69) is 26.1 Å². The van der Waals surface area contributed by atoms with Crippen molar-refractivity contribution in [2.24, 2.45) is 5.92 Å². The molecule has 6 rings (SSSR count). The number of fused-ring (bicyclic) bond motifs is 1. The summed E-state index contributed by atoms with van der Waals surface area (Å²) in [6, 6.07) is 22.0. The van der Waals surface area contributed by atoms with Crippen LogP contribution < -0.4 is 14.8 Å². The van der Waals surface area contributed by atoms with Gasteiger partial charge in [-0.1, -0.05) is 63.9 Å². The normalized spacial score (nSPS) is 16.7. The number of carboxylic acid groups (broad SMARTS) is 1. The quantitative estimate of drug-likeness (QED) is 0.159. The van der Waals surface area contributed by atoms with Crippen LogP contribution in [0.2, 0.25) is 0 Å². The standard InChI is InChI=1S/C43H45F3N2O6/c1-42(2,3)30-11-18-34(19-12-30)54-35-17-8-28-22-23-48(38(49)24-27-6-4-5-7-27)40(36(28)25-35)41(52)47-37(26-39(50)51)29-9-15-32(16-10-29)53-33-20-13-31(14-21-33)43(44,45)46/h8-21,25,27,37,40H,4-7,22-24,26H2,1-3H3,(H,47,52)(H,50,51). The van der Waals surface area contributed by atoms with E-state index >= 15 is 0 Å². The van der Waals surface area contributed by atoms with Gasteiger partial charge in [-0.15, -0.1) is 0 Å². The fourth-order valence-electron chi connectivity index (χ4n) is 7.24. The van der Waals surface area contributed by atoms with Crippen molar-refractivity contribution >= 4 is 17.8 Å². The molecule has 0 bridgehead atoms. The molecule has 2 atom stereocenters. The van der Waals surface area contributed by atoms with Crippen LogP contribution in [0.5, 0.6) is 23.0 Å². The van der Waals surface area contributed by atoms with E-state index in [0.29, 0.717) is 47.8 Å². The highest BCUT2D eigenvalue weighted by atomic mass is 19.4. The van der Waals surface area contributed by atoms with Gasteiger partial charge < -0.3 is 24.8 Å². The van der Waals surface area contributed by atoms with Crippen molar-refractivity contribution in [3.05, 3.63) is 119 Å². The molecule has 2 amide bonds. The molecule has 8 nitrogen and oxygen atoms in total. The number of nitrogens with one attached hydrogen (secondary N) is 1. The Balaban J connectivity index is 1.25. The maximum atomic E-state index is 14.4. The van der Waals surface area contributed by atoms with E-state index < -0.39 is 42.1 Å². The summed E-state index contributed by atoms with van der Waals surface area (Å²) in [7, 11) is 0. The van der Waals surface area contributed by atoms with Crippen LogP contribution in [0.4, 0.5) is 13.2 Å². The van der Waals surface area contributed by atoms with Crippen LogP contribution in [0, 0.1) is 5.92 Å². The summed E-state index contributed by atoms with van der Waals surface area (Å²) in [4.78, 5) is 42.0. The van der Waals surface area contributed by atoms with Crippen molar-refractivity contribution in [2.45, 2.75) is 89.4 Å². The summed E-state index contributed by atoms with van der Waals surface area (Å²) in [6.45, 7) is 6.74. The van der Waals surface area contributed by atoms with E-state index in [1.54, 1.807) is 35.2 Å². The van der Waals surface area contributed by atoms with Gasteiger partial charge in [-0.3, -0.25) is 14.4 Å². The molecule has 1 saturated carbocycles. The van der Waals surface area contributed by atoms with Crippen molar-refractivity contribution in [2.75, 3.05) is 6.54 Å². The zero-order valence-electron chi connectivity index (χ0n) is 30.6. The smallest absolute Gasteiger partial charge is 0.416 e. The summed E-state index contributed by atoms with van der Waals surface area (Å²) in [5.41, 5.74) is 2.33. The number of carbonyl (C=O) groups excluding carboxylic acids is 2.